The standard InChI is InChI=1S/C21H22Cl2N4O/c1-13-6-2-3-7-15(13)19(26-14-9-10-16(22)17(23)12-14)21(28)27-20(24)18-8-4-5-11-25-18/h2-10,12-13,15,19,25-26H,11H2,1H3,(H2,24,27,28). The smallest absolute Gasteiger partial charge is 0.248 e. The maximum Gasteiger partial charge on any atom is 0.248 e. The molecule has 4 N–H and O–H groups in total. The van der Waals surface area contributed by atoms with E-state index in [0.29, 0.717) is 28.0 Å². The Balaban J connectivity index is 1.81. The van der Waals surface area contributed by atoms with Gasteiger partial charge < -0.3 is 16.0 Å². The molecule has 1 amide bonds. The van der Waals surface area contributed by atoms with Gasteiger partial charge in [0.2, 0.25) is 5.91 Å². The maximum atomic E-state index is 13.1. The summed E-state index contributed by atoms with van der Waals surface area (Å²) in [6, 6.07) is 4.57. The molecule has 1 aromatic rings. The normalized spacial score (nSPS) is 21.5. The number of anilines is 1. The predicted octanol–water partition coefficient (Wildman–Crippen LogP) is 4.29. The molecular formula is C21H22Cl2N4O. The largest absolute Gasteiger partial charge is 0.379 e. The van der Waals surface area contributed by atoms with E-state index in [2.05, 4.69) is 29.0 Å². The summed E-state index contributed by atoms with van der Waals surface area (Å²) in [5.41, 5.74) is 1.27. The number of carbonyl (C=O) groups is 1. The van der Waals surface area contributed by atoms with Crippen LogP contribution < -0.4 is 16.0 Å². The molecule has 1 aliphatic carbocycles. The fraction of sp³-hybridized carbons (Fsp3) is 0.238. The number of halogens is 2. The Morgan fingerprint density at radius 1 is 1.21 bits per heavy atom. The lowest BCUT2D eigenvalue weighted by atomic mass is 9.83. The highest BCUT2D eigenvalue weighted by molar-refractivity contribution is 6.42. The Morgan fingerprint density at radius 3 is 2.68 bits per heavy atom. The van der Waals surface area contributed by atoms with Crippen molar-refractivity contribution in [1.29, 1.82) is 5.41 Å². The minimum absolute atomic E-state index is 0.0401. The van der Waals surface area contributed by atoms with E-state index >= 15 is 0 Å². The van der Waals surface area contributed by atoms with Crippen LogP contribution in [0, 0.1) is 17.2 Å². The summed E-state index contributed by atoms with van der Waals surface area (Å²) < 4.78 is 0. The Kier molecular flexibility index (Phi) is 6.60. The average molecular weight is 417 g/mol. The molecule has 3 rings (SSSR count). The van der Waals surface area contributed by atoms with Crippen LogP contribution in [0.25, 0.3) is 0 Å². The van der Waals surface area contributed by atoms with Crippen molar-refractivity contribution >= 4 is 40.6 Å². The van der Waals surface area contributed by atoms with Crippen LogP contribution in [0.15, 0.2) is 66.4 Å². The van der Waals surface area contributed by atoms with Gasteiger partial charge in [-0.15, -0.1) is 0 Å². The van der Waals surface area contributed by atoms with E-state index in [-0.39, 0.29) is 23.6 Å². The molecule has 7 heteroatoms. The molecule has 0 radical (unpaired) electrons. The van der Waals surface area contributed by atoms with Crippen LogP contribution >= 0.6 is 23.2 Å². The Hall–Kier alpha value is -2.50. The second-order valence-corrected chi connectivity index (χ2v) is 7.53. The highest BCUT2D eigenvalue weighted by Gasteiger charge is 2.31. The number of dihydropyridines is 1. The minimum Gasteiger partial charge on any atom is -0.379 e. The fourth-order valence-corrected chi connectivity index (χ4v) is 3.45. The van der Waals surface area contributed by atoms with Crippen LogP contribution in [0.3, 0.4) is 0 Å². The Bertz CT molecular complexity index is 888. The van der Waals surface area contributed by atoms with E-state index in [1.165, 1.54) is 0 Å². The molecule has 1 aromatic carbocycles. The molecule has 2 aliphatic rings. The van der Waals surface area contributed by atoms with E-state index in [1.54, 1.807) is 24.3 Å². The number of allylic oxidation sites excluding steroid dienone is 5. The zero-order valence-corrected chi connectivity index (χ0v) is 16.9. The molecule has 0 spiro atoms. The summed E-state index contributed by atoms with van der Waals surface area (Å²) in [5, 5.41) is 18.1. The molecule has 1 heterocycles. The molecule has 146 valence electrons. The summed E-state index contributed by atoms with van der Waals surface area (Å²) in [6.45, 7) is 2.69. The maximum absolute atomic E-state index is 13.1. The van der Waals surface area contributed by atoms with Gasteiger partial charge in [-0.1, -0.05) is 66.6 Å². The van der Waals surface area contributed by atoms with Gasteiger partial charge in [0, 0.05) is 18.2 Å². The third kappa shape index (κ3) is 4.86. The minimum atomic E-state index is -0.589. The van der Waals surface area contributed by atoms with Gasteiger partial charge in [0.05, 0.1) is 15.7 Å². The second kappa shape index (κ2) is 9.13. The molecule has 3 atom stereocenters. The van der Waals surface area contributed by atoms with Crippen molar-refractivity contribution in [2.75, 3.05) is 11.9 Å². The van der Waals surface area contributed by atoms with Crippen molar-refractivity contribution < 1.29 is 4.79 Å². The van der Waals surface area contributed by atoms with Crippen molar-refractivity contribution in [1.82, 2.24) is 10.6 Å². The van der Waals surface area contributed by atoms with Crippen molar-refractivity contribution in [3.63, 3.8) is 0 Å². The summed E-state index contributed by atoms with van der Waals surface area (Å²) in [7, 11) is 0. The third-order valence-corrected chi connectivity index (χ3v) is 5.44. The molecule has 0 fully saturated rings. The molecule has 3 unspecified atom stereocenters. The molecule has 1 aliphatic heterocycles. The van der Waals surface area contributed by atoms with Gasteiger partial charge in [0.15, 0.2) is 0 Å². The molecule has 0 bridgehead atoms. The second-order valence-electron chi connectivity index (χ2n) is 6.71. The van der Waals surface area contributed by atoms with E-state index in [4.69, 9.17) is 28.6 Å². The van der Waals surface area contributed by atoms with E-state index in [1.807, 2.05) is 30.4 Å². The first-order valence-corrected chi connectivity index (χ1v) is 9.78. The van der Waals surface area contributed by atoms with Crippen LogP contribution in [0.2, 0.25) is 10.0 Å². The third-order valence-electron chi connectivity index (χ3n) is 4.70. The molecule has 0 saturated carbocycles. The highest BCUT2D eigenvalue weighted by atomic mass is 35.5. The number of nitrogens with one attached hydrogen (secondary N) is 4. The highest BCUT2D eigenvalue weighted by Crippen LogP contribution is 2.29. The summed E-state index contributed by atoms with van der Waals surface area (Å²) in [4.78, 5) is 13.1. The summed E-state index contributed by atoms with van der Waals surface area (Å²) in [5.74, 6) is -0.177. The molecule has 5 nitrogen and oxygen atoms in total. The van der Waals surface area contributed by atoms with Crippen LogP contribution in [0.4, 0.5) is 5.69 Å². The van der Waals surface area contributed by atoms with E-state index in [0.717, 1.165) is 0 Å². The first kappa shape index (κ1) is 20.2. The van der Waals surface area contributed by atoms with Crippen LogP contribution in [0.5, 0.6) is 0 Å². The van der Waals surface area contributed by atoms with Crippen molar-refractivity contribution in [2.45, 2.75) is 13.0 Å². The van der Waals surface area contributed by atoms with Gasteiger partial charge in [0.25, 0.3) is 0 Å². The predicted molar refractivity (Wildman–Crippen MR) is 116 cm³/mol. The lowest BCUT2D eigenvalue weighted by molar-refractivity contribution is -0.121. The molecule has 0 saturated heterocycles. The number of hydrogen-bond donors (Lipinski definition) is 4. The van der Waals surface area contributed by atoms with Crippen molar-refractivity contribution in [3.8, 4) is 0 Å². The summed E-state index contributed by atoms with van der Waals surface area (Å²) >= 11 is 12.1. The van der Waals surface area contributed by atoms with Crippen LogP contribution in [-0.4, -0.2) is 24.3 Å². The summed E-state index contributed by atoms with van der Waals surface area (Å²) in [6.07, 6.45) is 13.5. The number of hydrogen-bond acceptors (Lipinski definition) is 4. The zero-order valence-electron chi connectivity index (χ0n) is 15.4. The fourth-order valence-electron chi connectivity index (χ4n) is 3.15. The first-order chi connectivity index (χ1) is 13.5. The number of amidine groups is 1. The van der Waals surface area contributed by atoms with Gasteiger partial charge in [0.1, 0.15) is 11.9 Å². The average Bonchev–Trinajstić information content (AvgIpc) is 2.70. The SMILES string of the molecule is CC1C=CC=CC1C(Nc1ccc(Cl)c(Cl)c1)C(=O)NC(=N)C1=CC=CCN1. The lowest BCUT2D eigenvalue weighted by Crippen LogP contribution is -2.49. The number of benzene rings is 1. The number of rotatable bonds is 5. The Morgan fingerprint density at radius 2 is 2.00 bits per heavy atom. The van der Waals surface area contributed by atoms with E-state index < -0.39 is 6.04 Å². The quantitative estimate of drug-likeness (QED) is 0.427. The van der Waals surface area contributed by atoms with Crippen LogP contribution in [0.1, 0.15) is 6.92 Å². The molecular weight excluding hydrogens is 395 g/mol. The van der Waals surface area contributed by atoms with Gasteiger partial charge >= 0.3 is 0 Å². The van der Waals surface area contributed by atoms with Crippen molar-refractivity contribution in [2.24, 2.45) is 11.8 Å². The van der Waals surface area contributed by atoms with Crippen molar-refractivity contribution in [3.05, 3.63) is 76.5 Å². The first-order valence-electron chi connectivity index (χ1n) is 9.03. The van der Waals surface area contributed by atoms with Crippen LogP contribution in [-0.2, 0) is 4.79 Å². The van der Waals surface area contributed by atoms with Gasteiger partial charge in [-0.3, -0.25) is 10.2 Å². The number of amides is 1. The van der Waals surface area contributed by atoms with Gasteiger partial charge in [-0.25, -0.2) is 0 Å². The zero-order chi connectivity index (χ0) is 20.1. The molecule has 0 aromatic heterocycles. The monoisotopic (exact) mass is 416 g/mol. The topological polar surface area (TPSA) is 77.0 Å². The van der Waals surface area contributed by atoms with E-state index in [9.17, 15) is 4.79 Å². The van der Waals surface area contributed by atoms with Gasteiger partial charge in [-0.05, 0) is 30.2 Å². The lowest BCUT2D eigenvalue weighted by Gasteiger charge is -2.30. The number of carbonyl (C=O) groups excluding carboxylic acids is 1. The van der Waals surface area contributed by atoms with Gasteiger partial charge in [-0.2, -0.15) is 0 Å². The molecule has 28 heavy (non-hydrogen) atoms. The Labute approximate surface area is 174 Å².